The Bertz CT molecular complexity index is 387. The number of rotatable bonds is 4. The van der Waals surface area contributed by atoms with Gasteiger partial charge < -0.3 is 10.5 Å². The van der Waals surface area contributed by atoms with Gasteiger partial charge in [-0.25, -0.2) is 0 Å². The molecule has 0 aromatic heterocycles. The van der Waals surface area contributed by atoms with Gasteiger partial charge in [-0.3, -0.25) is 5.41 Å². The minimum Gasteiger partial charge on any atom is -0.492 e. The molecular formula is C11H13F3N2O. The third kappa shape index (κ3) is 3.97. The third-order valence-electron chi connectivity index (χ3n) is 2.21. The molecule has 17 heavy (non-hydrogen) atoms. The van der Waals surface area contributed by atoms with Gasteiger partial charge in [0.15, 0.2) is 0 Å². The monoisotopic (exact) mass is 246 g/mol. The van der Waals surface area contributed by atoms with Crippen molar-refractivity contribution in [3.8, 4) is 5.75 Å². The summed E-state index contributed by atoms with van der Waals surface area (Å²) in [4.78, 5) is 0. The maximum Gasteiger partial charge on any atom is 0.401 e. The molecule has 0 aliphatic rings. The van der Waals surface area contributed by atoms with Gasteiger partial charge in [0, 0.05) is 0 Å². The number of amidine groups is 1. The van der Waals surface area contributed by atoms with E-state index in [0.717, 1.165) is 5.56 Å². The van der Waals surface area contributed by atoms with Crippen molar-refractivity contribution in [1.82, 2.24) is 0 Å². The molecule has 6 heteroatoms. The summed E-state index contributed by atoms with van der Waals surface area (Å²) < 4.78 is 42.3. The van der Waals surface area contributed by atoms with Gasteiger partial charge in [-0.15, -0.1) is 0 Å². The van der Waals surface area contributed by atoms with Crippen LogP contribution in [-0.4, -0.2) is 18.6 Å². The normalized spacial score (nSPS) is 13.2. The first-order valence-electron chi connectivity index (χ1n) is 4.91. The Kier molecular flexibility index (Phi) is 3.98. The van der Waals surface area contributed by atoms with E-state index in [1.165, 1.54) is 0 Å². The number of hydrogen-bond acceptors (Lipinski definition) is 2. The molecule has 0 aliphatic carbocycles. The summed E-state index contributed by atoms with van der Waals surface area (Å²) in [5.41, 5.74) is 5.88. The van der Waals surface area contributed by atoms with Crippen LogP contribution >= 0.6 is 0 Å². The molecule has 0 radical (unpaired) electrons. The maximum atomic E-state index is 12.4. The number of aryl methyl sites for hydroxylation is 1. The molecule has 1 aromatic rings. The van der Waals surface area contributed by atoms with E-state index in [1.54, 1.807) is 24.3 Å². The largest absolute Gasteiger partial charge is 0.492 e. The second-order valence-corrected chi connectivity index (χ2v) is 3.67. The standard InChI is InChI=1S/C11H13F3N2O/c1-7-2-4-8(5-3-7)17-6-9(10(15)16)11(12,13)14/h2-5,9H,6H2,1H3,(H3,15,16). The molecule has 3 N–H and O–H groups in total. The molecule has 0 bridgehead atoms. The molecule has 94 valence electrons. The molecule has 0 amide bonds. The average molecular weight is 246 g/mol. The Morgan fingerprint density at radius 1 is 1.35 bits per heavy atom. The van der Waals surface area contributed by atoms with Crippen LogP contribution in [0.15, 0.2) is 24.3 Å². The van der Waals surface area contributed by atoms with Crippen LogP contribution in [0.1, 0.15) is 5.56 Å². The highest BCUT2D eigenvalue weighted by Crippen LogP contribution is 2.27. The summed E-state index contributed by atoms with van der Waals surface area (Å²) in [5, 5.41) is 6.88. The van der Waals surface area contributed by atoms with Gasteiger partial charge in [0.1, 0.15) is 24.1 Å². The van der Waals surface area contributed by atoms with Crippen LogP contribution in [0.4, 0.5) is 13.2 Å². The molecule has 0 saturated heterocycles. The molecule has 0 fully saturated rings. The lowest BCUT2D eigenvalue weighted by molar-refractivity contribution is -0.162. The van der Waals surface area contributed by atoms with Gasteiger partial charge in [-0.05, 0) is 19.1 Å². The van der Waals surface area contributed by atoms with Gasteiger partial charge in [0.2, 0.25) is 0 Å². The number of nitrogens with two attached hydrogens (primary N) is 1. The van der Waals surface area contributed by atoms with E-state index in [9.17, 15) is 13.2 Å². The van der Waals surface area contributed by atoms with Crippen LogP contribution in [0.3, 0.4) is 0 Å². The Balaban J connectivity index is 2.65. The number of nitrogens with one attached hydrogen (secondary N) is 1. The first-order chi connectivity index (χ1) is 7.80. The van der Waals surface area contributed by atoms with E-state index in [4.69, 9.17) is 15.9 Å². The predicted octanol–water partition coefficient (Wildman–Crippen LogP) is 2.49. The smallest absolute Gasteiger partial charge is 0.401 e. The van der Waals surface area contributed by atoms with E-state index in [2.05, 4.69) is 0 Å². The summed E-state index contributed by atoms with van der Waals surface area (Å²) in [6.07, 6.45) is -4.56. The van der Waals surface area contributed by atoms with Crippen molar-refractivity contribution in [2.24, 2.45) is 11.7 Å². The first-order valence-corrected chi connectivity index (χ1v) is 4.91. The fourth-order valence-corrected chi connectivity index (χ4v) is 1.17. The van der Waals surface area contributed by atoms with Crippen molar-refractivity contribution < 1.29 is 17.9 Å². The maximum absolute atomic E-state index is 12.4. The van der Waals surface area contributed by atoms with Crippen LogP contribution in [-0.2, 0) is 0 Å². The lowest BCUT2D eigenvalue weighted by Crippen LogP contribution is -2.39. The van der Waals surface area contributed by atoms with Crippen molar-refractivity contribution in [2.75, 3.05) is 6.61 Å². The molecule has 0 aliphatic heterocycles. The van der Waals surface area contributed by atoms with Gasteiger partial charge in [0.05, 0.1) is 0 Å². The van der Waals surface area contributed by atoms with Crippen LogP contribution in [0, 0.1) is 18.3 Å². The molecule has 0 spiro atoms. The van der Waals surface area contributed by atoms with Gasteiger partial charge in [0.25, 0.3) is 0 Å². The summed E-state index contributed by atoms with van der Waals surface area (Å²) >= 11 is 0. The molecular weight excluding hydrogens is 233 g/mol. The van der Waals surface area contributed by atoms with Crippen molar-refractivity contribution in [3.63, 3.8) is 0 Å². The number of ether oxygens (including phenoxy) is 1. The number of benzene rings is 1. The number of hydrogen-bond donors (Lipinski definition) is 2. The Labute approximate surface area is 96.9 Å². The second-order valence-electron chi connectivity index (χ2n) is 3.67. The highest BCUT2D eigenvalue weighted by atomic mass is 19.4. The van der Waals surface area contributed by atoms with Crippen molar-refractivity contribution in [3.05, 3.63) is 29.8 Å². The van der Waals surface area contributed by atoms with Crippen LogP contribution in [0.5, 0.6) is 5.75 Å². The minimum absolute atomic E-state index is 0.325. The van der Waals surface area contributed by atoms with Crippen LogP contribution in [0.25, 0.3) is 0 Å². The molecule has 1 atom stereocenters. The van der Waals surface area contributed by atoms with Gasteiger partial charge >= 0.3 is 6.18 Å². The van der Waals surface area contributed by atoms with E-state index in [1.807, 2.05) is 6.92 Å². The van der Waals surface area contributed by atoms with Gasteiger partial charge in [-0.2, -0.15) is 13.2 Å². The number of halogens is 3. The molecule has 1 rings (SSSR count). The van der Waals surface area contributed by atoms with Crippen molar-refractivity contribution >= 4 is 5.84 Å². The predicted molar refractivity (Wildman–Crippen MR) is 58.1 cm³/mol. The van der Waals surface area contributed by atoms with Gasteiger partial charge in [-0.1, -0.05) is 17.7 Å². The average Bonchev–Trinajstić information content (AvgIpc) is 2.18. The zero-order valence-corrected chi connectivity index (χ0v) is 9.21. The molecule has 1 aromatic carbocycles. The lowest BCUT2D eigenvalue weighted by Gasteiger charge is -2.19. The van der Waals surface area contributed by atoms with E-state index >= 15 is 0 Å². The molecule has 3 nitrogen and oxygen atoms in total. The summed E-state index contributed by atoms with van der Waals surface area (Å²) in [6, 6.07) is 6.60. The Morgan fingerprint density at radius 2 is 1.88 bits per heavy atom. The Morgan fingerprint density at radius 3 is 2.29 bits per heavy atom. The second kappa shape index (κ2) is 5.07. The fraction of sp³-hybridized carbons (Fsp3) is 0.364. The zero-order chi connectivity index (χ0) is 13.1. The highest BCUT2D eigenvalue weighted by molar-refractivity contribution is 5.80. The van der Waals surface area contributed by atoms with Crippen LogP contribution in [0.2, 0.25) is 0 Å². The molecule has 0 heterocycles. The van der Waals surface area contributed by atoms with Crippen LogP contribution < -0.4 is 10.5 Å². The number of alkyl halides is 3. The summed E-state index contributed by atoms with van der Waals surface area (Å²) in [6.45, 7) is 1.18. The summed E-state index contributed by atoms with van der Waals surface area (Å²) in [7, 11) is 0. The minimum atomic E-state index is -4.56. The van der Waals surface area contributed by atoms with Crippen molar-refractivity contribution in [1.29, 1.82) is 5.41 Å². The molecule has 0 saturated carbocycles. The molecule has 1 unspecified atom stereocenters. The third-order valence-corrected chi connectivity index (χ3v) is 2.21. The highest BCUT2D eigenvalue weighted by Gasteiger charge is 2.42. The van der Waals surface area contributed by atoms with E-state index < -0.39 is 24.5 Å². The lowest BCUT2D eigenvalue weighted by atomic mass is 10.1. The van der Waals surface area contributed by atoms with E-state index in [-0.39, 0.29) is 0 Å². The zero-order valence-electron chi connectivity index (χ0n) is 9.21. The summed E-state index contributed by atoms with van der Waals surface area (Å²) in [5.74, 6) is -2.68. The van der Waals surface area contributed by atoms with Crippen molar-refractivity contribution in [2.45, 2.75) is 13.1 Å². The quantitative estimate of drug-likeness (QED) is 0.633. The Hall–Kier alpha value is -1.72. The van der Waals surface area contributed by atoms with E-state index in [0.29, 0.717) is 5.75 Å². The fourth-order valence-electron chi connectivity index (χ4n) is 1.17. The first kappa shape index (κ1) is 13.3. The topological polar surface area (TPSA) is 59.1 Å². The SMILES string of the molecule is Cc1ccc(OCC(C(=N)N)C(F)(F)F)cc1.